The second-order valence-corrected chi connectivity index (χ2v) is 4.31. The number of ketones is 1. The summed E-state index contributed by atoms with van der Waals surface area (Å²) in [6.45, 7) is 1.51. The SMILES string of the molecule is COc1ccc(Nc2nc(C(C)=O)cs2)cc1. The van der Waals surface area contributed by atoms with Crippen molar-refractivity contribution in [2.24, 2.45) is 0 Å². The van der Waals surface area contributed by atoms with Crippen LogP contribution in [0.15, 0.2) is 29.6 Å². The van der Waals surface area contributed by atoms with E-state index < -0.39 is 0 Å². The molecule has 1 heterocycles. The van der Waals surface area contributed by atoms with Crippen LogP contribution in [0.4, 0.5) is 10.8 Å². The number of carbonyl (C=O) groups is 1. The third-order valence-electron chi connectivity index (χ3n) is 2.21. The molecular formula is C12H12N2O2S. The van der Waals surface area contributed by atoms with Gasteiger partial charge in [-0.2, -0.15) is 0 Å². The van der Waals surface area contributed by atoms with E-state index in [1.54, 1.807) is 12.5 Å². The van der Waals surface area contributed by atoms with Crippen molar-refractivity contribution in [2.75, 3.05) is 12.4 Å². The Kier molecular flexibility index (Phi) is 3.39. The molecule has 5 heteroatoms. The zero-order valence-electron chi connectivity index (χ0n) is 9.56. The molecule has 0 bridgehead atoms. The van der Waals surface area contributed by atoms with Crippen LogP contribution in [-0.2, 0) is 0 Å². The van der Waals surface area contributed by atoms with Crippen molar-refractivity contribution >= 4 is 27.9 Å². The summed E-state index contributed by atoms with van der Waals surface area (Å²) in [5, 5.41) is 5.58. The first-order valence-electron chi connectivity index (χ1n) is 5.06. The molecule has 0 saturated heterocycles. The number of carbonyl (C=O) groups excluding carboxylic acids is 1. The van der Waals surface area contributed by atoms with Crippen molar-refractivity contribution in [1.29, 1.82) is 0 Å². The highest BCUT2D eigenvalue weighted by Crippen LogP contribution is 2.22. The van der Waals surface area contributed by atoms with E-state index in [4.69, 9.17) is 4.74 Å². The van der Waals surface area contributed by atoms with E-state index in [0.717, 1.165) is 11.4 Å². The van der Waals surface area contributed by atoms with Crippen LogP contribution in [-0.4, -0.2) is 17.9 Å². The number of hydrogen-bond donors (Lipinski definition) is 1. The summed E-state index contributed by atoms with van der Waals surface area (Å²) in [7, 11) is 1.63. The summed E-state index contributed by atoms with van der Waals surface area (Å²) in [4.78, 5) is 15.3. The lowest BCUT2D eigenvalue weighted by atomic mass is 10.3. The molecule has 0 aliphatic carbocycles. The van der Waals surface area contributed by atoms with E-state index in [0.29, 0.717) is 10.8 Å². The number of benzene rings is 1. The predicted molar refractivity (Wildman–Crippen MR) is 68.4 cm³/mol. The van der Waals surface area contributed by atoms with Gasteiger partial charge in [0.15, 0.2) is 10.9 Å². The Hall–Kier alpha value is -1.88. The average molecular weight is 248 g/mol. The highest BCUT2D eigenvalue weighted by molar-refractivity contribution is 7.14. The van der Waals surface area contributed by atoms with Crippen LogP contribution in [0.1, 0.15) is 17.4 Å². The van der Waals surface area contributed by atoms with Crippen molar-refractivity contribution < 1.29 is 9.53 Å². The van der Waals surface area contributed by atoms with E-state index in [1.807, 2.05) is 24.3 Å². The quantitative estimate of drug-likeness (QED) is 0.845. The van der Waals surface area contributed by atoms with E-state index in [1.165, 1.54) is 18.3 Å². The maximum atomic E-state index is 11.1. The monoisotopic (exact) mass is 248 g/mol. The third kappa shape index (κ3) is 2.82. The van der Waals surface area contributed by atoms with Crippen molar-refractivity contribution in [3.63, 3.8) is 0 Å². The van der Waals surface area contributed by atoms with Gasteiger partial charge in [-0.1, -0.05) is 0 Å². The van der Waals surface area contributed by atoms with Gasteiger partial charge in [0.2, 0.25) is 0 Å². The fraction of sp³-hybridized carbons (Fsp3) is 0.167. The standard InChI is InChI=1S/C12H12N2O2S/c1-8(15)11-7-17-12(14-11)13-9-3-5-10(16-2)6-4-9/h3-7H,1-2H3,(H,13,14). The molecule has 4 nitrogen and oxygen atoms in total. The summed E-state index contributed by atoms with van der Waals surface area (Å²) in [5.41, 5.74) is 1.40. The number of rotatable bonds is 4. The first-order valence-corrected chi connectivity index (χ1v) is 5.94. The Balaban J connectivity index is 2.11. The van der Waals surface area contributed by atoms with E-state index >= 15 is 0 Å². The van der Waals surface area contributed by atoms with Crippen LogP contribution in [0, 0.1) is 0 Å². The number of anilines is 2. The van der Waals surface area contributed by atoms with Gasteiger partial charge >= 0.3 is 0 Å². The smallest absolute Gasteiger partial charge is 0.187 e. The van der Waals surface area contributed by atoms with Crippen LogP contribution >= 0.6 is 11.3 Å². The van der Waals surface area contributed by atoms with Crippen LogP contribution in [0.25, 0.3) is 0 Å². The molecule has 0 aliphatic rings. The number of Topliss-reactive ketones (excluding diaryl/α,β-unsaturated/α-hetero) is 1. The Morgan fingerprint density at radius 3 is 2.59 bits per heavy atom. The van der Waals surface area contributed by atoms with E-state index in [2.05, 4.69) is 10.3 Å². The Bertz CT molecular complexity index is 520. The summed E-state index contributed by atoms with van der Waals surface area (Å²) >= 11 is 1.41. The Labute approximate surface area is 103 Å². The van der Waals surface area contributed by atoms with Gasteiger partial charge in [-0.3, -0.25) is 4.79 Å². The topological polar surface area (TPSA) is 51.2 Å². The molecule has 0 atom stereocenters. The zero-order valence-corrected chi connectivity index (χ0v) is 10.4. The molecule has 0 saturated carbocycles. The van der Waals surface area contributed by atoms with Gasteiger partial charge in [-0.25, -0.2) is 4.98 Å². The number of aromatic nitrogens is 1. The fourth-order valence-corrected chi connectivity index (χ4v) is 2.06. The van der Waals surface area contributed by atoms with Crippen LogP contribution < -0.4 is 10.1 Å². The van der Waals surface area contributed by atoms with Gasteiger partial charge in [-0.15, -0.1) is 11.3 Å². The van der Waals surface area contributed by atoms with E-state index in [9.17, 15) is 4.79 Å². The molecule has 0 aliphatic heterocycles. The van der Waals surface area contributed by atoms with Gasteiger partial charge in [0.1, 0.15) is 11.4 Å². The maximum absolute atomic E-state index is 11.1. The number of methoxy groups -OCH3 is 1. The average Bonchev–Trinajstić information content (AvgIpc) is 2.79. The van der Waals surface area contributed by atoms with Crippen molar-refractivity contribution in [1.82, 2.24) is 4.98 Å². The second kappa shape index (κ2) is 4.97. The number of thiazole rings is 1. The molecule has 2 aromatic rings. The minimum atomic E-state index is -0.0240. The molecule has 0 spiro atoms. The first kappa shape index (κ1) is 11.6. The van der Waals surface area contributed by atoms with Crippen molar-refractivity contribution in [2.45, 2.75) is 6.92 Å². The molecule has 17 heavy (non-hydrogen) atoms. The molecule has 1 aromatic carbocycles. The molecule has 0 amide bonds. The second-order valence-electron chi connectivity index (χ2n) is 3.45. The molecule has 1 N–H and O–H groups in total. The minimum absolute atomic E-state index is 0.0240. The van der Waals surface area contributed by atoms with E-state index in [-0.39, 0.29) is 5.78 Å². The van der Waals surface area contributed by atoms with Crippen molar-refractivity contribution in [3.8, 4) is 5.75 Å². The van der Waals surface area contributed by atoms with Gasteiger partial charge in [0.25, 0.3) is 0 Å². The normalized spacial score (nSPS) is 10.0. The summed E-state index contributed by atoms with van der Waals surface area (Å²) in [6.07, 6.45) is 0. The summed E-state index contributed by atoms with van der Waals surface area (Å²) < 4.78 is 5.07. The molecule has 0 radical (unpaired) electrons. The van der Waals surface area contributed by atoms with Gasteiger partial charge in [0, 0.05) is 18.0 Å². The van der Waals surface area contributed by atoms with Gasteiger partial charge < -0.3 is 10.1 Å². The zero-order chi connectivity index (χ0) is 12.3. The number of nitrogens with one attached hydrogen (secondary N) is 1. The molecule has 88 valence electrons. The number of hydrogen-bond acceptors (Lipinski definition) is 5. The van der Waals surface area contributed by atoms with Crippen LogP contribution in [0.5, 0.6) is 5.75 Å². The fourth-order valence-electron chi connectivity index (χ4n) is 1.29. The largest absolute Gasteiger partial charge is 0.497 e. The molecule has 1 aromatic heterocycles. The minimum Gasteiger partial charge on any atom is -0.497 e. The molecule has 2 rings (SSSR count). The van der Waals surface area contributed by atoms with Gasteiger partial charge in [-0.05, 0) is 24.3 Å². The van der Waals surface area contributed by atoms with Gasteiger partial charge in [0.05, 0.1) is 7.11 Å². The number of nitrogens with zero attached hydrogens (tertiary/aromatic N) is 1. The Morgan fingerprint density at radius 2 is 2.06 bits per heavy atom. The van der Waals surface area contributed by atoms with Crippen molar-refractivity contribution in [3.05, 3.63) is 35.3 Å². The third-order valence-corrected chi connectivity index (χ3v) is 2.96. The molecular weight excluding hydrogens is 236 g/mol. The summed E-state index contributed by atoms with van der Waals surface area (Å²) in [6, 6.07) is 7.52. The molecule has 0 unspecified atom stereocenters. The first-order chi connectivity index (χ1) is 8.19. The lowest BCUT2D eigenvalue weighted by Crippen LogP contribution is -1.94. The lowest BCUT2D eigenvalue weighted by Gasteiger charge is -2.03. The predicted octanol–water partition coefficient (Wildman–Crippen LogP) is 3.10. The highest BCUT2D eigenvalue weighted by Gasteiger charge is 2.05. The maximum Gasteiger partial charge on any atom is 0.187 e. The van der Waals surface area contributed by atoms with Crippen LogP contribution in [0.2, 0.25) is 0 Å². The highest BCUT2D eigenvalue weighted by atomic mass is 32.1. The number of ether oxygens (including phenoxy) is 1. The Morgan fingerprint density at radius 1 is 1.35 bits per heavy atom. The molecule has 0 fully saturated rings. The van der Waals surface area contributed by atoms with Crippen LogP contribution in [0.3, 0.4) is 0 Å². The summed E-state index contributed by atoms with van der Waals surface area (Å²) in [5.74, 6) is 0.781. The lowest BCUT2D eigenvalue weighted by molar-refractivity contribution is 0.101.